The molecule has 1 amide bonds. The van der Waals surface area contributed by atoms with E-state index in [1.165, 1.54) is 4.57 Å². The number of aromatic nitrogens is 5. The van der Waals surface area contributed by atoms with Gasteiger partial charge in [0.25, 0.3) is 11.5 Å². The van der Waals surface area contributed by atoms with Crippen LogP contribution in [0.5, 0.6) is 0 Å². The fourth-order valence-electron chi connectivity index (χ4n) is 2.97. The molecule has 0 aliphatic carbocycles. The average molecular weight is 384 g/mol. The van der Waals surface area contributed by atoms with E-state index in [4.69, 9.17) is 0 Å². The fraction of sp³-hybridized carbons (Fsp3) is 0.421. The van der Waals surface area contributed by atoms with E-state index >= 15 is 0 Å². The summed E-state index contributed by atoms with van der Waals surface area (Å²) in [6.07, 6.45) is 1.70. The first kappa shape index (κ1) is 19.5. The van der Waals surface area contributed by atoms with Gasteiger partial charge in [-0.15, -0.1) is 0 Å². The predicted octanol–water partition coefficient (Wildman–Crippen LogP) is 1.85. The maximum atomic E-state index is 13.0. The van der Waals surface area contributed by atoms with Gasteiger partial charge in [0.1, 0.15) is 0 Å². The van der Waals surface area contributed by atoms with Gasteiger partial charge in [-0.1, -0.05) is 27.7 Å². The molecule has 0 radical (unpaired) electrons. The second-order valence-electron chi connectivity index (χ2n) is 7.54. The van der Waals surface area contributed by atoms with Crippen LogP contribution >= 0.6 is 0 Å². The molecule has 3 aromatic heterocycles. The Labute approximate surface area is 161 Å². The summed E-state index contributed by atoms with van der Waals surface area (Å²) >= 11 is 0. The lowest BCUT2D eigenvalue weighted by Crippen LogP contribution is -2.33. The Morgan fingerprint density at radius 2 is 1.96 bits per heavy atom. The summed E-state index contributed by atoms with van der Waals surface area (Å²) in [6.45, 7) is 8.18. The molecular formula is C19H24N6O3. The van der Waals surface area contributed by atoms with Gasteiger partial charge in [0.05, 0.1) is 10.9 Å². The largest absolute Gasteiger partial charge is 0.330 e. The molecule has 0 aromatic carbocycles. The lowest BCUT2D eigenvalue weighted by Gasteiger charge is -2.15. The van der Waals surface area contributed by atoms with Crippen LogP contribution < -0.4 is 16.6 Å². The Balaban J connectivity index is 2.27. The zero-order valence-electron chi connectivity index (χ0n) is 16.6. The Hall–Kier alpha value is -3.23. The third kappa shape index (κ3) is 3.73. The molecule has 0 unspecified atom stereocenters. The Bertz CT molecular complexity index is 1150. The number of aromatic amines is 1. The number of nitrogens with one attached hydrogen (secondary N) is 2. The van der Waals surface area contributed by atoms with Crippen LogP contribution in [0, 0.1) is 5.92 Å². The van der Waals surface area contributed by atoms with E-state index in [9.17, 15) is 14.4 Å². The molecule has 3 heterocycles. The second-order valence-corrected chi connectivity index (χ2v) is 7.54. The topological polar surface area (TPSA) is 115 Å². The van der Waals surface area contributed by atoms with Gasteiger partial charge >= 0.3 is 5.69 Å². The van der Waals surface area contributed by atoms with Crippen LogP contribution in [0.3, 0.4) is 0 Å². The molecule has 0 fully saturated rings. The van der Waals surface area contributed by atoms with Crippen LogP contribution in [-0.2, 0) is 13.6 Å². The number of pyridine rings is 1. The molecule has 2 N–H and O–H groups in total. The molecule has 0 aliphatic heterocycles. The van der Waals surface area contributed by atoms with Crippen LogP contribution in [0.25, 0.3) is 11.0 Å². The van der Waals surface area contributed by atoms with Crippen molar-refractivity contribution in [2.24, 2.45) is 13.0 Å². The van der Waals surface area contributed by atoms with Crippen LogP contribution in [0.1, 0.15) is 49.7 Å². The van der Waals surface area contributed by atoms with E-state index < -0.39 is 17.2 Å². The lowest BCUT2D eigenvalue weighted by molar-refractivity contribution is 0.102. The first-order valence-corrected chi connectivity index (χ1v) is 9.16. The van der Waals surface area contributed by atoms with Gasteiger partial charge in [-0.3, -0.25) is 23.8 Å². The third-order valence-corrected chi connectivity index (χ3v) is 4.31. The van der Waals surface area contributed by atoms with E-state index in [-0.39, 0.29) is 28.4 Å². The summed E-state index contributed by atoms with van der Waals surface area (Å²) in [4.78, 5) is 44.8. The molecule has 9 nitrogen and oxygen atoms in total. The number of H-pyrrole nitrogens is 1. The van der Waals surface area contributed by atoms with Crippen molar-refractivity contribution in [1.82, 2.24) is 24.3 Å². The highest BCUT2D eigenvalue weighted by molar-refractivity contribution is 6.11. The van der Waals surface area contributed by atoms with Crippen molar-refractivity contribution >= 4 is 22.8 Å². The summed E-state index contributed by atoms with van der Waals surface area (Å²) < 4.78 is 2.98. The maximum absolute atomic E-state index is 13.0. The van der Waals surface area contributed by atoms with Gasteiger partial charge in [0.2, 0.25) is 0 Å². The third-order valence-electron chi connectivity index (χ3n) is 4.31. The van der Waals surface area contributed by atoms with Crippen molar-refractivity contribution in [1.29, 1.82) is 0 Å². The van der Waals surface area contributed by atoms with E-state index in [0.29, 0.717) is 18.1 Å². The Kier molecular flexibility index (Phi) is 5.17. The van der Waals surface area contributed by atoms with E-state index in [0.717, 1.165) is 0 Å². The molecule has 28 heavy (non-hydrogen) atoms. The highest BCUT2D eigenvalue weighted by Gasteiger charge is 2.21. The number of hydrogen-bond acceptors (Lipinski definition) is 5. The molecule has 0 saturated heterocycles. The molecule has 0 bridgehead atoms. The molecule has 9 heteroatoms. The van der Waals surface area contributed by atoms with E-state index in [1.807, 2.05) is 27.7 Å². The summed E-state index contributed by atoms with van der Waals surface area (Å²) in [5.41, 5.74) is -0.149. The van der Waals surface area contributed by atoms with E-state index in [2.05, 4.69) is 20.4 Å². The number of amides is 1. The van der Waals surface area contributed by atoms with Crippen LogP contribution in [0.2, 0.25) is 0 Å². The minimum Gasteiger partial charge on any atom is -0.305 e. The number of carbonyl (C=O) groups excluding carboxylic acids is 1. The number of anilines is 1. The van der Waals surface area contributed by atoms with Crippen molar-refractivity contribution in [2.45, 2.75) is 40.2 Å². The maximum Gasteiger partial charge on any atom is 0.330 e. The highest BCUT2D eigenvalue weighted by atomic mass is 16.2. The molecular weight excluding hydrogens is 360 g/mol. The summed E-state index contributed by atoms with van der Waals surface area (Å²) in [7, 11) is 1.74. The van der Waals surface area contributed by atoms with Crippen molar-refractivity contribution in [3.63, 3.8) is 0 Å². The SMILES string of the molecule is CC(C)Cn1c(=O)[nH]c(=O)c2c(C(=O)Nc3ccn(C)n3)cc(C(C)C)nc21. The van der Waals surface area contributed by atoms with Gasteiger partial charge in [-0.25, -0.2) is 9.78 Å². The van der Waals surface area contributed by atoms with Gasteiger partial charge in [-0.05, 0) is 17.9 Å². The monoisotopic (exact) mass is 384 g/mol. The molecule has 0 atom stereocenters. The summed E-state index contributed by atoms with van der Waals surface area (Å²) in [6, 6.07) is 3.26. The van der Waals surface area contributed by atoms with Gasteiger partial charge < -0.3 is 5.32 Å². The molecule has 3 rings (SSSR count). The summed E-state index contributed by atoms with van der Waals surface area (Å²) in [5.74, 6) is 0.0542. The molecule has 148 valence electrons. The smallest absolute Gasteiger partial charge is 0.305 e. The lowest BCUT2D eigenvalue weighted by atomic mass is 10.0. The quantitative estimate of drug-likeness (QED) is 0.697. The van der Waals surface area contributed by atoms with Gasteiger partial charge in [0, 0.05) is 31.5 Å². The Morgan fingerprint density at radius 1 is 1.25 bits per heavy atom. The zero-order chi connectivity index (χ0) is 20.6. The molecule has 3 aromatic rings. The molecule has 0 aliphatic rings. The average Bonchev–Trinajstić information content (AvgIpc) is 3.01. The van der Waals surface area contributed by atoms with Crippen LogP contribution in [-0.4, -0.2) is 30.2 Å². The minimum atomic E-state index is -0.631. The standard InChI is InChI=1S/C19H24N6O3/c1-10(2)9-25-16-15(18(27)22-19(25)28)12(8-13(20-16)11(3)4)17(26)21-14-6-7-24(5)23-14/h6-8,10-11H,9H2,1-5H3,(H,21,23,26)(H,22,27,28). The zero-order valence-corrected chi connectivity index (χ0v) is 16.6. The minimum absolute atomic E-state index is 0.00712. The molecule has 0 spiro atoms. The molecule has 0 saturated carbocycles. The van der Waals surface area contributed by atoms with Crippen LogP contribution in [0.15, 0.2) is 27.9 Å². The normalized spacial score (nSPS) is 11.5. The van der Waals surface area contributed by atoms with Crippen molar-refractivity contribution in [3.8, 4) is 0 Å². The predicted molar refractivity (Wildman–Crippen MR) is 107 cm³/mol. The summed E-state index contributed by atoms with van der Waals surface area (Å²) in [5, 5.41) is 6.93. The highest BCUT2D eigenvalue weighted by Crippen LogP contribution is 2.21. The fourth-order valence-corrected chi connectivity index (χ4v) is 2.97. The number of rotatable bonds is 5. The van der Waals surface area contributed by atoms with Gasteiger partial charge in [-0.2, -0.15) is 5.10 Å². The van der Waals surface area contributed by atoms with Gasteiger partial charge in [0.15, 0.2) is 11.5 Å². The number of fused-ring (bicyclic) bond motifs is 1. The number of aryl methyl sites for hydroxylation is 1. The number of hydrogen-bond donors (Lipinski definition) is 2. The second kappa shape index (κ2) is 7.41. The first-order valence-electron chi connectivity index (χ1n) is 9.16. The van der Waals surface area contributed by atoms with Crippen molar-refractivity contribution in [3.05, 3.63) is 50.4 Å². The van der Waals surface area contributed by atoms with Crippen molar-refractivity contribution in [2.75, 3.05) is 5.32 Å². The van der Waals surface area contributed by atoms with Crippen LogP contribution in [0.4, 0.5) is 5.82 Å². The van der Waals surface area contributed by atoms with Crippen molar-refractivity contribution < 1.29 is 4.79 Å². The number of nitrogens with zero attached hydrogens (tertiary/aromatic N) is 4. The van der Waals surface area contributed by atoms with E-state index in [1.54, 1.807) is 30.1 Å². The first-order chi connectivity index (χ1) is 13.2. The number of carbonyl (C=O) groups is 1. The Morgan fingerprint density at radius 3 is 2.54 bits per heavy atom.